The lowest BCUT2D eigenvalue weighted by Crippen LogP contribution is -1.79. The van der Waals surface area contributed by atoms with Crippen molar-refractivity contribution in [3.05, 3.63) is 12.7 Å². The Bertz CT molecular complexity index is 141. The number of hydrogen-bond donors (Lipinski definition) is 0. The maximum absolute atomic E-state index is 7.47. The molecule has 0 heterocycles. The first-order chi connectivity index (χ1) is 6.62. The quantitative estimate of drug-likeness (QED) is 0.347. The SMILES string of the molecule is [2H]C([2H])(C=C)CCCCCCCCC. The van der Waals surface area contributed by atoms with E-state index in [0.29, 0.717) is 6.42 Å². The van der Waals surface area contributed by atoms with E-state index >= 15 is 0 Å². The molecular weight excluding hydrogens is 144 g/mol. The molecule has 0 aliphatic carbocycles. The van der Waals surface area contributed by atoms with E-state index in [9.17, 15) is 0 Å². The molecule has 0 N–H and O–H groups in total. The maximum atomic E-state index is 7.47. The Morgan fingerprint density at radius 2 is 1.50 bits per heavy atom. The summed E-state index contributed by atoms with van der Waals surface area (Å²) in [5.41, 5.74) is 0. The molecule has 0 heteroatoms. The highest BCUT2D eigenvalue weighted by Crippen LogP contribution is 2.09. The number of unbranched alkanes of at least 4 members (excludes halogenated alkanes) is 6. The molecule has 0 amide bonds. The molecule has 12 heavy (non-hydrogen) atoms. The molecule has 0 unspecified atom stereocenters. The Balaban J connectivity index is 3.17. The Morgan fingerprint density at radius 1 is 1.00 bits per heavy atom. The van der Waals surface area contributed by atoms with Gasteiger partial charge in [-0.05, 0) is 12.8 Å². The highest BCUT2D eigenvalue weighted by molar-refractivity contribution is 4.65. The summed E-state index contributed by atoms with van der Waals surface area (Å²) in [5, 5.41) is 0. The van der Waals surface area contributed by atoms with Gasteiger partial charge in [0.2, 0.25) is 0 Å². The first-order valence-electron chi connectivity index (χ1n) is 6.26. The number of hydrogen-bond acceptors (Lipinski definition) is 0. The first kappa shape index (κ1) is 8.34. The lowest BCUT2D eigenvalue weighted by Gasteiger charge is -1.99. The van der Waals surface area contributed by atoms with Crippen LogP contribution in [0.2, 0.25) is 0 Å². The fourth-order valence-electron chi connectivity index (χ4n) is 1.29. The predicted molar refractivity (Wildman–Crippen MR) is 57.4 cm³/mol. The zero-order valence-corrected chi connectivity index (χ0v) is 8.44. The maximum Gasteiger partial charge on any atom is 0.0310 e. The smallest absolute Gasteiger partial charge is 0.0310 e. The third-order valence-corrected chi connectivity index (χ3v) is 2.07. The first-order valence-corrected chi connectivity index (χ1v) is 5.26. The summed E-state index contributed by atoms with van der Waals surface area (Å²) < 4.78 is 14.9. The van der Waals surface area contributed by atoms with E-state index in [1.54, 1.807) is 0 Å². The van der Waals surface area contributed by atoms with Gasteiger partial charge in [-0.2, -0.15) is 0 Å². The van der Waals surface area contributed by atoms with Gasteiger partial charge in [-0.1, -0.05) is 57.9 Å². The van der Waals surface area contributed by atoms with Gasteiger partial charge in [0.25, 0.3) is 0 Å². The molecule has 0 aromatic heterocycles. The summed E-state index contributed by atoms with van der Waals surface area (Å²) in [6.07, 6.45) is 9.59. The minimum Gasteiger partial charge on any atom is -0.103 e. The van der Waals surface area contributed by atoms with Crippen molar-refractivity contribution in [1.82, 2.24) is 0 Å². The van der Waals surface area contributed by atoms with Gasteiger partial charge in [0.15, 0.2) is 0 Å². The second-order valence-corrected chi connectivity index (χ2v) is 3.28. The molecule has 0 aliphatic rings. The van der Waals surface area contributed by atoms with Crippen molar-refractivity contribution in [2.24, 2.45) is 0 Å². The average Bonchev–Trinajstić information content (AvgIpc) is 2.16. The minimum absolute atomic E-state index is 0.629. The molecular formula is C12H24. The van der Waals surface area contributed by atoms with Gasteiger partial charge in [-0.25, -0.2) is 0 Å². The molecule has 72 valence electrons. The van der Waals surface area contributed by atoms with Crippen LogP contribution in [-0.4, -0.2) is 0 Å². The minimum atomic E-state index is -1.15. The molecule has 0 saturated carbocycles. The molecule has 0 saturated heterocycles. The third kappa shape index (κ3) is 9.74. The molecule has 0 nitrogen and oxygen atoms in total. The van der Waals surface area contributed by atoms with Crippen LogP contribution in [0.1, 0.15) is 67.4 Å². The summed E-state index contributed by atoms with van der Waals surface area (Å²) in [4.78, 5) is 0. The summed E-state index contributed by atoms with van der Waals surface area (Å²) in [5.74, 6) is 0. The lowest BCUT2D eigenvalue weighted by molar-refractivity contribution is 0.578. The van der Waals surface area contributed by atoms with E-state index in [-0.39, 0.29) is 0 Å². The van der Waals surface area contributed by atoms with Crippen LogP contribution in [0.25, 0.3) is 0 Å². The summed E-state index contributed by atoms with van der Waals surface area (Å²) in [6, 6.07) is 0. The van der Waals surface area contributed by atoms with Crippen LogP contribution in [0, 0.1) is 0 Å². The van der Waals surface area contributed by atoms with Gasteiger partial charge < -0.3 is 0 Å². The van der Waals surface area contributed by atoms with Crippen LogP contribution >= 0.6 is 0 Å². The topological polar surface area (TPSA) is 0 Å². The summed E-state index contributed by atoms with van der Waals surface area (Å²) in [7, 11) is 0. The van der Waals surface area contributed by atoms with Crippen LogP contribution < -0.4 is 0 Å². The molecule has 0 aromatic carbocycles. The van der Waals surface area contributed by atoms with Crippen molar-refractivity contribution in [2.45, 2.75) is 64.7 Å². The molecule has 0 spiro atoms. The van der Waals surface area contributed by atoms with Gasteiger partial charge in [-0.15, -0.1) is 6.58 Å². The molecule has 0 bridgehead atoms. The average molecular weight is 170 g/mol. The highest BCUT2D eigenvalue weighted by atomic mass is 14.0. The zero-order valence-electron chi connectivity index (χ0n) is 10.4. The van der Waals surface area contributed by atoms with E-state index in [4.69, 9.17) is 2.74 Å². The van der Waals surface area contributed by atoms with E-state index in [2.05, 4.69) is 13.5 Å². The summed E-state index contributed by atoms with van der Waals surface area (Å²) >= 11 is 0. The van der Waals surface area contributed by atoms with Crippen LogP contribution in [-0.2, 0) is 0 Å². The number of allylic oxidation sites excluding steroid dienone is 1. The van der Waals surface area contributed by atoms with Crippen LogP contribution in [0.5, 0.6) is 0 Å². The van der Waals surface area contributed by atoms with Gasteiger partial charge in [0.1, 0.15) is 0 Å². The van der Waals surface area contributed by atoms with Gasteiger partial charge in [0, 0.05) is 2.74 Å². The molecule has 0 aliphatic heterocycles. The number of rotatable bonds is 9. The van der Waals surface area contributed by atoms with Crippen LogP contribution in [0.15, 0.2) is 12.7 Å². The summed E-state index contributed by atoms with van der Waals surface area (Å²) in [6.45, 7) is 5.72. The monoisotopic (exact) mass is 170 g/mol. The Morgan fingerprint density at radius 3 is 2.00 bits per heavy atom. The fourth-order valence-corrected chi connectivity index (χ4v) is 1.29. The van der Waals surface area contributed by atoms with Crippen molar-refractivity contribution in [1.29, 1.82) is 0 Å². The highest BCUT2D eigenvalue weighted by Gasteiger charge is 1.89. The van der Waals surface area contributed by atoms with Gasteiger partial charge in [0.05, 0.1) is 0 Å². The van der Waals surface area contributed by atoms with E-state index in [1.807, 2.05) is 0 Å². The predicted octanol–water partition coefficient (Wildman–Crippen LogP) is 4.70. The van der Waals surface area contributed by atoms with E-state index in [0.717, 1.165) is 12.8 Å². The van der Waals surface area contributed by atoms with Crippen molar-refractivity contribution < 1.29 is 2.74 Å². The van der Waals surface area contributed by atoms with E-state index in [1.165, 1.54) is 38.2 Å². The molecule has 0 aromatic rings. The van der Waals surface area contributed by atoms with Crippen molar-refractivity contribution in [3.63, 3.8) is 0 Å². The zero-order chi connectivity index (χ0) is 10.9. The van der Waals surface area contributed by atoms with E-state index < -0.39 is 6.37 Å². The Kier molecular flexibility index (Phi) is 7.47. The normalized spacial score (nSPS) is 13.8. The Hall–Kier alpha value is -0.260. The van der Waals surface area contributed by atoms with Crippen molar-refractivity contribution >= 4 is 0 Å². The Labute approximate surface area is 80.9 Å². The third-order valence-electron chi connectivity index (χ3n) is 2.07. The second-order valence-electron chi connectivity index (χ2n) is 3.28. The van der Waals surface area contributed by atoms with Crippen molar-refractivity contribution in [3.8, 4) is 0 Å². The van der Waals surface area contributed by atoms with Crippen molar-refractivity contribution in [2.75, 3.05) is 0 Å². The molecule has 0 fully saturated rings. The van der Waals surface area contributed by atoms with Crippen LogP contribution in [0.3, 0.4) is 0 Å². The largest absolute Gasteiger partial charge is 0.103 e. The lowest BCUT2D eigenvalue weighted by atomic mass is 10.1. The molecule has 0 rings (SSSR count). The van der Waals surface area contributed by atoms with Gasteiger partial charge >= 0.3 is 0 Å². The fraction of sp³-hybridized carbons (Fsp3) is 0.833. The second kappa shape index (κ2) is 10.7. The molecule has 0 radical (unpaired) electrons. The van der Waals surface area contributed by atoms with Crippen LogP contribution in [0.4, 0.5) is 0 Å². The molecule has 0 atom stereocenters. The standard InChI is InChI=1S/C12H24/c1-3-5-7-9-11-12-10-8-6-4-2/h3H,1,4-12H2,2H3/i5D2. The van der Waals surface area contributed by atoms with Gasteiger partial charge in [-0.3, -0.25) is 0 Å².